The lowest BCUT2D eigenvalue weighted by Crippen LogP contribution is -2.17. The number of hydrogen-bond acceptors (Lipinski definition) is 6. The number of sulfonamides is 1. The molecule has 0 spiro atoms. The van der Waals surface area contributed by atoms with E-state index in [0.717, 1.165) is 10.9 Å². The Morgan fingerprint density at radius 1 is 1.19 bits per heavy atom. The normalized spacial score (nSPS) is 11.5. The first-order valence-corrected chi connectivity index (χ1v) is 10.1. The van der Waals surface area contributed by atoms with Crippen molar-refractivity contribution in [2.45, 2.75) is 16.8 Å². The first kappa shape index (κ1) is 18.3. The van der Waals surface area contributed by atoms with Crippen LogP contribution in [-0.2, 0) is 14.8 Å². The number of para-hydroxylation sites is 1. The maximum atomic E-state index is 12.2. The van der Waals surface area contributed by atoms with Crippen LogP contribution in [0.2, 0.25) is 0 Å². The van der Waals surface area contributed by atoms with E-state index in [1.54, 1.807) is 19.1 Å². The molecule has 0 saturated carbocycles. The molecule has 7 nitrogen and oxygen atoms in total. The number of thioether (sulfide) groups is 1. The predicted molar refractivity (Wildman–Crippen MR) is 101 cm³/mol. The number of benzene rings is 2. The maximum absolute atomic E-state index is 12.2. The van der Waals surface area contributed by atoms with E-state index in [9.17, 15) is 13.2 Å². The summed E-state index contributed by atoms with van der Waals surface area (Å²) in [6.07, 6.45) is 1.46. The minimum absolute atomic E-state index is 0.00949. The standard InChI is InChI=1S/C17H16N4O3S2/c1-11-6-7-12(8-15(11)26(18,23)24)21-16(22)9-25-17-13-4-2-3-5-14(13)19-10-20-17/h2-8,10H,9H2,1H3,(H,21,22)(H2,18,23,24). The van der Waals surface area contributed by atoms with Crippen LogP contribution in [0.25, 0.3) is 10.9 Å². The highest BCUT2D eigenvalue weighted by molar-refractivity contribution is 8.00. The van der Waals surface area contributed by atoms with Crippen LogP contribution in [0.1, 0.15) is 5.56 Å². The van der Waals surface area contributed by atoms with Crippen molar-refractivity contribution in [1.82, 2.24) is 9.97 Å². The molecular formula is C17H16N4O3S2. The fraction of sp³-hybridized carbons (Fsp3) is 0.118. The number of carbonyl (C=O) groups is 1. The lowest BCUT2D eigenvalue weighted by molar-refractivity contribution is -0.113. The summed E-state index contributed by atoms with van der Waals surface area (Å²) in [6, 6.07) is 12.1. The molecule has 0 unspecified atom stereocenters. The van der Waals surface area contributed by atoms with Crippen LogP contribution in [0.15, 0.2) is 58.7 Å². The monoisotopic (exact) mass is 388 g/mol. The average Bonchev–Trinajstić information content (AvgIpc) is 2.60. The predicted octanol–water partition coefficient (Wildman–Crippen LogP) is 2.32. The van der Waals surface area contributed by atoms with Gasteiger partial charge in [-0.2, -0.15) is 0 Å². The van der Waals surface area contributed by atoms with Crippen molar-refractivity contribution in [2.75, 3.05) is 11.1 Å². The molecule has 26 heavy (non-hydrogen) atoms. The Hall–Kier alpha value is -2.49. The summed E-state index contributed by atoms with van der Waals surface area (Å²) in [5.41, 5.74) is 1.70. The van der Waals surface area contributed by atoms with Gasteiger partial charge in [0.05, 0.1) is 16.2 Å². The molecule has 0 bridgehead atoms. The Bertz CT molecular complexity index is 1080. The molecule has 0 aliphatic rings. The van der Waals surface area contributed by atoms with E-state index in [1.807, 2.05) is 24.3 Å². The summed E-state index contributed by atoms with van der Waals surface area (Å²) in [7, 11) is -3.84. The number of rotatable bonds is 5. The van der Waals surface area contributed by atoms with E-state index in [0.29, 0.717) is 16.3 Å². The number of nitrogens with one attached hydrogen (secondary N) is 1. The quantitative estimate of drug-likeness (QED) is 0.512. The van der Waals surface area contributed by atoms with E-state index < -0.39 is 10.0 Å². The van der Waals surface area contributed by atoms with Crippen molar-refractivity contribution < 1.29 is 13.2 Å². The van der Waals surface area contributed by atoms with Gasteiger partial charge in [0, 0.05) is 11.1 Å². The molecule has 0 radical (unpaired) electrons. The molecule has 3 rings (SSSR count). The van der Waals surface area contributed by atoms with Gasteiger partial charge in [-0.15, -0.1) is 0 Å². The molecule has 134 valence electrons. The molecule has 3 aromatic rings. The first-order valence-electron chi connectivity index (χ1n) is 7.60. The van der Waals surface area contributed by atoms with E-state index in [1.165, 1.54) is 24.2 Å². The summed E-state index contributed by atoms with van der Waals surface area (Å²) < 4.78 is 23.1. The molecule has 0 atom stereocenters. The van der Waals surface area contributed by atoms with E-state index in [-0.39, 0.29) is 16.6 Å². The van der Waals surface area contributed by atoms with Gasteiger partial charge < -0.3 is 5.32 Å². The number of aromatic nitrogens is 2. The summed E-state index contributed by atoms with van der Waals surface area (Å²) in [6.45, 7) is 1.64. The van der Waals surface area contributed by atoms with Gasteiger partial charge in [-0.3, -0.25) is 4.79 Å². The molecule has 2 aromatic carbocycles. The topological polar surface area (TPSA) is 115 Å². The molecule has 9 heteroatoms. The molecule has 3 N–H and O–H groups in total. The lowest BCUT2D eigenvalue weighted by atomic mass is 10.2. The van der Waals surface area contributed by atoms with Gasteiger partial charge in [-0.1, -0.05) is 36.0 Å². The molecular weight excluding hydrogens is 372 g/mol. The Morgan fingerprint density at radius 3 is 2.73 bits per heavy atom. The first-order chi connectivity index (χ1) is 12.3. The second kappa shape index (κ2) is 7.40. The number of nitrogens with two attached hydrogens (primary N) is 1. The minimum Gasteiger partial charge on any atom is -0.325 e. The summed E-state index contributed by atoms with van der Waals surface area (Å²) in [4.78, 5) is 20.6. The van der Waals surface area contributed by atoms with Crippen molar-refractivity contribution in [3.63, 3.8) is 0 Å². The third kappa shape index (κ3) is 4.18. The van der Waals surface area contributed by atoms with E-state index in [4.69, 9.17) is 5.14 Å². The zero-order valence-corrected chi connectivity index (χ0v) is 15.5. The summed E-state index contributed by atoms with van der Waals surface area (Å²) in [5.74, 6) is -0.151. The van der Waals surface area contributed by atoms with E-state index >= 15 is 0 Å². The van der Waals surface area contributed by atoms with Crippen molar-refractivity contribution in [1.29, 1.82) is 0 Å². The highest BCUT2D eigenvalue weighted by Gasteiger charge is 2.14. The van der Waals surface area contributed by atoms with Crippen molar-refractivity contribution in [2.24, 2.45) is 5.14 Å². The Balaban J connectivity index is 1.72. The Morgan fingerprint density at radius 2 is 1.96 bits per heavy atom. The number of fused-ring (bicyclic) bond motifs is 1. The van der Waals surface area contributed by atoms with Crippen LogP contribution in [0, 0.1) is 6.92 Å². The number of hydrogen-bond donors (Lipinski definition) is 2. The Labute approximate surface area is 155 Å². The molecule has 1 amide bonds. The van der Waals surface area contributed by atoms with Gasteiger partial charge in [-0.05, 0) is 30.7 Å². The number of amides is 1. The molecule has 1 aromatic heterocycles. The second-order valence-electron chi connectivity index (χ2n) is 5.56. The average molecular weight is 388 g/mol. The number of carbonyl (C=O) groups excluding carboxylic acids is 1. The minimum atomic E-state index is -3.84. The van der Waals surface area contributed by atoms with Crippen LogP contribution >= 0.6 is 11.8 Å². The van der Waals surface area contributed by atoms with Gasteiger partial charge in [0.1, 0.15) is 11.4 Å². The van der Waals surface area contributed by atoms with Crippen molar-refractivity contribution in [3.8, 4) is 0 Å². The van der Waals surface area contributed by atoms with E-state index in [2.05, 4.69) is 15.3 Å². The zero-order valence-electron chi connectivity index (χ0n) is 13.8. The SMILES string of the molecule is Cc1ccc(NC(=O)CSc2ncnc3ccccc23)cc1S(N)(=O)=O. The fourth-order valence-corrected chi connectivity index (χ4v) is 4.01. The molecule has 0 saturated heterocycles. The Kier molecular flexibility index (Phi) is 5.21. The van der Waals surface area contributed by atoms with Gasteiger partial charge in [-0.25, -0.2) is 23.5 Å². The smallest absolute Gasteiger partial charge is 0.238 e. The number of anilines is 1. The maximum Gasteiger partial charge on any atom is 0.238 e. The highest BCUT2D eigenvalue weighted by Crippen LogP contribution is 2.24. The van der Waals surface area contributed by atoms with Gasteiger partial charge in [0.2, 0.25) is 15.9 Å². The third-order valence-electron chi connectivity index (χ3n) is 3.62. The number of nitrogens with zero attached hydrogens (tertiary/aromatic N) is 2. The summed E-state index contributed by atoms with van der Waals surface area (Å²) in [5, 5.41) is 9.45. The molecule has 0 aliphatic heterocycles. The fourth-order valence-electron chi connectivity index (χ4n) is 2.41. The zero-order chi connectivity index (χ0) is 18.7. The number of aryl methyl sites for hydroxylation is 1. The van der Waals surface area contributed by atoms with Crippen LogP contribution < -0.4 is 10.5 Å². The lowest BCUT2D eigenvalue weighted by Gasteiger charge is -2.09. The number of primary sulfonamides is 1. The summed E-state index contributed by atoms with van der Waals surface area (Å²) >= 11 is 1.28. The van der Waals surface area contributed by atoms with Crippen molar-refractivity contribution in [3.05, 3.63) is 54.4 Å². The molecule has 0 fully saturated rings. The van der Waals surface area contributed by atoms with Crippen molar-refractivity contribution >= 4 is 44.3 Å². The van der Waals surface area contributed by atoms with Crippen LogP contribution in [-0.4, -0.2) is 30.0 Å². The van der Waals surface area contributed by atoms with Gasteiger partial charge in [0.25, 0.3) is 0 Å². The molecule has 0 aliphatic carbocycles. The largest absolute Gasteiger partial charge is 0.325 e. The van der Waals surface area contributed by atoms with Crippen LogP contribution in [0.5, 0.6) is 0 Å². The van der Waals surface area contributed by atoms with Crippen LogP contribution in [0.4, 0.5) is 5.69 Å². The van der Waals surface area contributed by atoms with Crippen LogP contribution in [0.3, 0.4) is 0 Å². The van der Waals surface area contributed by atoms with Gasteiger partial charge >= 0.3 is 0 Å². The third-order valence-corrected chi connectivity index (χ3v) is 5.68. The second-order valence-corrected chi connectivity index (χ2v) is 8.05. The van der Waals surface area contributed by atoms with Gasteiger partial charge in [0.15, 0.2) is 0 Å². The highest BCUT2D eigenvalue weighted by atomic mass is 32.2. The molecule has 1 heterocycles.